The summed E-state index contributed by atoms with van der Waals surface area (Å²) in [6.45, 7) is 3.73. The molecule has 0 bridgehead atoms. The van der Waals surface area contributed by atoms with Crippen LogP contribution in [0.15, 0.2) is 12.3 Å². The lowest BCUT2D eigenvalue weighted by atomic mass is 10.2. The minimum Gasteiger partial charge on any atom is -0.240 e. The van der Waals surface area contributed by atoms with Gasteiger partial charge in [0.1, 0.15) is 5.82 Å². The van der Waals surface area contributed by atoms with Crippen molar-refractivity contribution < 1.29 is 4.39 Å². The first-order chi connectivity index (χ1) is 5.00. The predicted molar refractivity (Wildman–Crippen MR) is 43.9 cm³/mol. The Labute approximate surface area is 73.0 Å². The van der Waals surface area contributed by atoms with E-state index in [-0.39, 0.29) is 4.32 Å². The summed E-state index contributed by atoms with van der Waals surface area (Å²) in [6, 6.07) is 1.22. The Morgan fingerprint density at radius 1 is 1.55 bits per heavy atom. The predicted octanol–water partition coefficient (Wildman–Crippen LogP) is 2.25. The van der Waals surface area contributed by atoms with Gasteiger partial charge in [-0.3, -0.25) is 0 Å². The van der Waals surface area contributed by atoms with E-state index in [2.05, 4.69) is 25.9 Å². The lowest BCUT2D eigenvalue weighted by Gasteiger charge is -2.12. The summed E-state index contributed by atoms with van der Waals surface area (Å²) in [4.78, 5) is 7.53. The molecule has 0 N–H and O–H groups in total. The van der Waals surface area contributed by atoms with Crippen LogP contribution in [0.4, 0.5) is 4.39 Å². The summed E-state index contributed by atoms with van der Waals surface area (Å²) in [6.07, 6.45) is 1.40. The SMILES string of the molecule is CC(C)(Br)c1nccc(F)n1. The molecular weight excluding hydrogens is 211 g/mol. The first-order valence-corrected chi connectivity index (χ1v) is 3.97. The van der Waals surface area contributed by atoms with Crippen molar-refractivity contribution in [3.8, 4) is 0 Å². The number of aromatic nitrogens is 2. The van der Waals surface area contributed by atoms with Gasteiger partial charge in [-0.25, -0.2) is 9.97 Å². The molecule has 11 heavy (non-hydrogen) atoms. The standard InChI is InChI=1S/C7H8BrFN2/c1-7(2,8)6-10-4-3-5(9)11-6/h3-4H,1-2H3. The Balaban J connectivity index is 3.06. The van der Waals surface area contributed by atoms with Crippen molar-refractivity contribution in [3.05, 3.63) is 24.0 Å². The summed E-state index contributed by atoms with van der Waals surface area (Å²) in [5.74, 6) is -0.0416. The zero-order chi connectivity index (χ0) is 8.48. The van der Waals surface area contributed by atoms with E-state index in [1.165, 1.54) is 12.3 Å². The van der Waals surface area contributed by atoms with E-state index in [0.717, 1.165) is 0 Å². The number of nitrogens with zero attached hydrogens (tertiary/aromatic N) is 2. The molecule has 1 aromatic heterocycles. The van der Waals surface area contributed by atoms with Crippen LogP contribution in [0.25, 0.3) is 0 Å². The van der Waals surface area contributed by atoms with Crippen LogP contribution in [0.5, 0.6) is 0 Å². The number of alkyl halides is 1. The molecule has 0 fully saturated rings. The highest BCUT2D eigenvalue weighted by molar-refractivity contribution is 9.09. The van der Waals surface area contributed by atoms with Gasteiger partial charge in [-0.05, 0) is 13.8 Å². The van der Waals surface area contributed by atoms with Crippen LogP contribution in [0.3, 0.4) is 0 Å². The minimum atomic E-state index is -0.498. The van der Waals surface area contributed by atoms with Gasteiger partial charge in [0.05, 0.1) is 4.32 Å². The fourth-order valence-electron chi connectivity index (χ4n) is 0.623. The minimum absolute atomic E-state index is 0.366. The van der Waals surface area contributed by atoms with Crippen molar-refractivity contribution in [3.63, 3.8) is 0 Å². The summed E-state index contributed by atoms with van der Waals surface area (Å²) in [7, 11) is 0. The molecule has 0 aliphatic heterocycles. The maximum absolute atomic E-state index is 12.5. The van der Waals surface area contributed by atoms with Crippen LogP contribution in [-0.2, 0) is 4.32 Å². The second-order valence-corrected chi connectivity index (χ2v) is 4.66. The van der Waals surface area contributed by atoms with Crippen molar-refractivity contribution >= 4 is 15.9 Å². The van der Waals surface area contributed by atoms with E-state index < -0.39 is 5.95 Å². The fourth-order valence-corrected chi connectivity index (χ4v) is 0.814. The first kappa shape index (κ1) is 8.59. The van der Waals surface area contributed by atoms with Gasteiger partial charge in [-0.1, -0.05) is 15.9 Å². The van der Waals surface area contributed by atoms with E-state index in [0.29, 0.717) is 5.82 Å². The molecule has 0 aliphatic carbocycles. The van der Waals surface area contributed by atoms with Crippen molar-refractivity contribution in [2.45, 2.75) is 18.2 Å². The average Bonchev–Trinajstić information content (AvgIpc) is 1.86. The first-order valence-electron chi connectivity index (χ1n) is 3.18. The van der Waals surface area contributed by atoms with Crippen LogP contribution in [0.2, 0.25) is 0 Å². The summed E-state index contributed by atoms with van der Waals surface area (Å²) >= 11 is 3.33. The van der Waals surface area contributed by atoms with Gasteiger partial charge in [0.25, 0.3) is 0 Å². The molecule has 4 heteroatoms. The molecule has 0 saturated heterocycles. The summed E-state index contributed by atoms with van der Waals surface area (Å²) in [5.41, 5.74) is 0. The monoisotopic (exact) mass is 218 g/mol. The lowest BCUT2D eigenvalue weighted by molar-refractivity contribution is 0.557. The number of rotatable bonds is 1. The van der Waals surface area contributed by atoms with Crippen molar-refractivity contribution in [1.82, 2.24) is 9.97 Å². The largest absolute Gasteiger partial charge is 0.240 e. The molecular formula is C7H8BrFN2. The van der Waals surface area contributed by atoms with Gasteiger partial charge in [0, 0.05) is 12.3 Å². The van der Waals surface area contributed by atoms with Crippen LogP contribution < -0.4 is 0 Å². The molecule has 1 heterocycles. The van der Waals surface area contributed by atoms with Crippen molar-refractivity contribution in [1.29, 1.82) is 0 Å². The van der Waals surface area contributed by atoms with Crippen molar-refractivity contribution in [2.24, 2.45) is 0 Å². The highest BCUT2D eigenvalue weighted by Gasteiger charge is 2.19. The summed E-state index contributed by atoms with van der Waals surface area (Å²) < 4.78 is 12.2. The second kappa shape index (κ2) is 2.85. The molecule has 0 spiro atoms. The van der Waals surface area contributed by atoms with Gasteiger partial charge < -0.3 is 0 Å². The number of hydrogen-bond acceptors (Lipinski definition) is 2. The second-order valence-electron chi connectivity index (χ2n) is 2.68. The normalized spacial score (nSPS) is 11.6. The van der Waals surface area contributed by atoms with Gasteiger partial charge in [0.2, 0.25) is 5.95 Å². The third-order valence-corrected chi connectivity index (χ3v) is 1.51. The Morgan fingerprint density at radius 2 is 2.18 bits per heavy atom. The Kier molecular flexibility index (Phi) is 2.23. The molecule has 0 amide bonds. The highest BCUT2D eigenvalue weighted by Crippen LogP contribution is 2.25. The van der Waals surface area contributed by atoms with Crippen LogP contribution in [-0.4, -0.2) is 9.97 Å². The number of halogens is 2. The quantitative estimate of drug-likeness (QED) is 0.534. The smallest absolute Gasteiger partial charge is 0.216 e. The topological polar surface area (TPSA) is 25.8 Å². The van der Waals surface area contributed by atoms with E-state index in [1.807, 2.05) is 13.8 Å². The van der Waals surface area contributed by atoms with E-state index >= 15 is 0 Å². The molecule has 0 saturated carbocycles. The van der Waals surface area contributed by atoms with Gasteiger partial charge in [-0.2, -0.15) is 4.39 Å². The molecule has 0 aliphatic rings. The highest BCUT2D eigenvalue weighted by atomic mass is 79.9. The zero-order valence-electron chi connectivity index (χ0n) is 6.31. The van der Waals surface area contributed by atoms with Gasteiger partial charge in [0.15, 0.2) is 0 Å². The van der Waals surface area contributed by atoms with Crippen molar-refractivity contribution in [2.75, 3.05) is 0 Å². The Morgan fingerprint density at radius 3 is 2.55 bits per heavy atom. The maximum Gasteiger partial charge on any atom is 0.216 e. The molecule has 2 nitrogen and oxygen atoms in total. The van der Waals surface area contributed by atoms with Gasteiger partial charge in [-0.15, -0.1) is 0 Å². The molecule has 0 radical (unpaired) electrons. The van der Waals surface area contributed by atoms with Crippen LogP contribution in [0.1, 0.15) is 19.7 Å². The van der Waals surface area contributed by atoms with E-state index in [1.54, 1.807) is 0 Å². The molecule has 60 valence electrons. The molecule has 1 rings (SSSR count). The fraction of sp³-hybridized carbons (Fsp3) is 0.429. The van der Waals surface area contributed by atoms with E-state index in [9.17, 15) is 4.39 Å². The average molecular weight is 219 g/mol. The molecule has 0 unspecified atom stereocenters. The molecule has 1 aromatic rings. The van der Waals surface area contributed by atoms with Crippen LogP contribution in [0, 0.1) is 5.95 Å². The Hall–Kier alpha value is -0.510. The number of hydrogen-bond donors (Lipinski definition) is 0. The lowest BCUT2D eigenvalue weighted by Crippen LogP contribution is -2.12. The summed E-state index contributed by atoms with van der Waals surface area (Å²) in [5, 5.41) is 0. The van der Waals surface area contributed by atoms with Crippen LogP contribution >= 0.6 is 15.9 Å². The van der Waals surface area contributed by atoms with Gasteiger partial charge >= 0.3 is 0 Å². The zero-order valence-corrected chi connectivity index (χ0v) is 7.89. The van der Waals surface area contributed by atoms with E-state index in [4.69, 9.17) is 0 Å². The Bertz CT molecular complexity index is 257. The third kappa shape index (κ3) is 2.22. The third-order valence-electron chi connectivity index (χ3n) is 1.15. The molecule has 0 aromatic carbocycles. The molecule has 0 atom stereocenters. The maximum atomic E-state index is 12.5.